The zero-order valence-electron chi connectivity index (χ0n) is 12.1. The molecule has 0 bridgehead atoms. The van der Waals surface area contributed by atoms with Gasteiger partial charge in [0.2, 0.25) is 0 Å². The van der Waals surface area contributed by atoms with Crippen LogP contribution in [0.2, 0.25) is 0 Å². The number of nitrogens with one attached hydrogen (secondary N) is 1. The number of nitrogens with zero attached hydrogens (tertiary/aromatic N) is 1. The second kappa shape index (κ2) is 5.89. The van der Waals surface area contributed by atoms with E-state index in [9.17, 15) is 0 Å². The van der Waals surface area contributed by atoms with E-state index in [0.29, 0.717) is 23.5 Å². The lowest BCUT2D eigenvalue weighted by atomic mass is 9.84. The molecule has 98 valence electrons. The smallest absolute Gasteiger partial charge is 0.0712 e. The van der Waals surface area contributed by atoms with Gasteiger partial charge in [0.25, 0.3) is 0 Å². The van der Waals surface area contributed by atoms with Crippen LogP contribution >= 0.6 is 0 Å². The van der Waals surface area contributed by atoms with Gasteiger partial charge in [0.1, 0.15) is 0 Å². The van der Waals surface area contributed by atoms with Gasteiger partial charge in [-0.3, -0.25) is 4.90 Å². The maximum Gasteiger partial charge on any atom is 0.0712 e. The van der Waals surface area contributed by atoms with Crippen molar-refractivity contribution in [1.29, 1.82) is 0 Å². The molecule has 0 spiro atoms. The summed E-state index contributed by atoms with van der Waals surface area (Å²) >= 11 is 0. The molecule has 0 aromatic carbocycles. The van der Waals surface area contributed by atoms with E-state index in [1.54, 1.807) is 0 Å². The summed E-state index contributed by atoms with van der Waals surface area (Å²) < 4.78 is 0. The summed E-state index contributed by atoms with van der Waals surface area (Å²) in [6.07, 6.45) is 7.89. The first-order valence-corrected chi connectivity index (χ1v) is 6.89. The molecule has 1 aliphatic heterocycles. The van der Waals surface area contributed by atoms with Crippen LogP contribution < -0.4 is 5.32 Å². The van der Waals surface area contributed by atoms with Gasteiger partial charge in [0.15, 0.2) is 0 Å². The molecule has 1 rings (SSSR count). The second-order valence-electron chi connectivity index (χ2n) is 6.18. The molecule has 1 heterocycles. The van der Waals surface area contributed by atoms with Crippen LogP contribution in [-0.2, 0) is 0 Å². The third-order valence-corrected chi connectivity index (χ3v) is 3.96. The van der Waals surface area contributed by atoms with Crippen LogP contribution in [0.25, 0.3) is 0 Å². The SMILES string of the molecule is C#CC(CC)N1CC(C(C)(C)C)NCC1CC. The highest BCUT2D eigenvalue weighted by Crippen LogP contribution is 2.25. The van der Waals surface area contributed by atoms with Gasteiger partial charge >= 0.3 is 0 Å². The zero-order valence-corrected chi connectivity index (χ0v) is 12.1. The molecule has 0 radical (unpaired) electrons. The minimum Gasteiger partial charge on any atom is -0.311 e. The lowest BCUT2D eigenvalue weighted by Gasteiger charge is -2.46. The third kappa shape index (κ3) is 3.47. The molecule has 2 nitrogen and oxygen atoms in total. The molecule has 3 unspecified atom stereocenters. The monoisotopic (exact) mass is 236 g/mol. The van der Waals surface area contributed by atoms with E-state index in [-0.39, 0.29) is 0 Å². The van der Waals surface area contributed by atoms with Crippen LogP contribution in [0.15, 0.2) is 0 Å². The van der Waals surface area contributed by atoms with Crippen LogP contribution in [0.4, 0.5) is 0 Å². The van der Waals surface area contributed by atoms with Crippen LogP contribution in [0.3, 0.4) is 0 Å². The first kappa shape index (κ1) is 14.5. The van der Waals surface area contributed by atoms with Crippen molar-refractivity contribution >= 4 is 0 Å². The van der Waals surface area contributed by atoms with Crippen molar-refractivity contribution < 1.29 is 0 Å². The molecule has 0 amide bonds. The summed E-state index contributed by atoms with van der Waals surface area (Å²) in [5.41, 5.74) is 0.295. The topological polar surface area (TPSA) is 15.3 Å². The van der Waals surface area contributed by atoms with Gasteiger partial charge < -0.3 is 5.32 Å². The first-order valence-electron chi connectivity index (χ1n) is 6.89. The van der Waals surface area contributed by atoms with Gasteiger partial charge in [0.05, 0.1) is 6.04 Å². The third-order valence-electron chi connectivity index (χ3n) is 3.96. The Hall–Kier alpha value is -0.520. The Bertz CT molecular complexity index is 272. The van der Waals surface area contributed by atoms with E-state index >= 15 is 0 Å². The van der Waals surface area contributed by atoms with Crippen molar-refractivity contribution in [2.45, 2.75) is 65.6 Å². The minimum atomic E-state index is 0.295. The highest BCUT2D eigenvalue weighted by Gasteiger charge is 2.35. The van der Waals surface area contributed by atoms with Crippen LogP contribution in [0, 0.1) is 17.8 Å². The Kier molecular flexibility index (Phi) is 5.04. The molecule has 1 fully saturated rings. The van der Waals surface area contributed by atoms with E-state index in [1.165, 1.54) is 6.42 Å². The Morgan fingerprint density at radius 2 is 2.06 bits per heavy atom. The molecular weight excluding hydrogens is 208 g/mol. The van der Waals surface area contributed by atoms with Crippen LogP contribution in [-0.4, -0.2) is 36.1 Å². The number of hydrogen-bond acceptors (Lipinski definition) is 2. The van der Waals surface area contributed by atoms with E-state index < -0.39 is 0 Å². The van der Waals surface area contributed by atoms with Gasteiger partial charge in [-0.15, -0.1) is 6.42 Å². The summed E-state index contributed by atoms with van der Waals surface area (Å²) in [5, 5.41) is 3.68. The average Bonchev–Trinajstić information content (AvgIpc) is 2.29. The van der Waals surface area contributed by atoms with Gasteiger partial charge in [-0.05, 0) is 18.3 Å². The summed E-state index contributed by atoms with van der Waals surface area (Å²) in [6.45, 7) is 13.5. The minimum absolute atomic E-state index is 0.295. The van der Waals surface area contributed by atoms with E-state index in [0.717, 1.165) is 19.5 Å². The molecular formula is C15H28N2. The van der Waals surface area contributed by atoms with E-state index in [4.69, 9.17) is 6.42 Å². The molecule has 0 saturated carbocycles. The summed E-state index contributed by atoms with van der Waals surface area (Å²) in [6, 6.07) is 1.43. The fraction of sp³-hybridized carbons (Fsp3) is 0.867. The molecule has 2 heteroatoms. The lowest BCUT2D eigenvalue weighted by molar-refractivity contribution is 0.0642. The van der Waals surface area contributed by atoms with Crippen molar-refractivity contribution in [2.24, 2.45) is 5.41 Å². The Morgan fingerprint density at radius 3 is 2.47 bits per heavy atom. The Morgan fingerprint density at radius 1 is 1.41 bits per heavy atom. The molecule has 0 aromatic rings. The number of rotatable bonds is 3. The molecule has 1 saturated heterocycles. The normalized spacial score (nSPS) is 28.7. The van der Waals surface area contributed by atoms with Crippen LogP contribution in [0.1, 0.15) is 47.5 Å². The molecule has 0 aliphatic carbocycles. The lowest BCUT2D eigenvalue weighted by Crippen LogP contribution is -2.62. The summed E-state index contributed by atoms with van der Waals surface area (Å²) in [7, 11) is 0. The fourth-order valence-electron chi connectivity index (χ4n) is 2.61. The van der Waals surface area contributed by atoms with E-state index in [2.05, 4.69) is 50.8 Å². The van der Waals surface area contributed by atoms with Crippen LogP contribution in [0.5, 0.6) is 0 Å². The largest absolute Gasteiger partial charge is 0.311 e. The van der Waals surface area contributed by atoms with Gasteiger partial charge in [-0.1, -0.05) is 40.5 Å². The number of hydrogen-bond donors (Lipinski definition) is 1. The Labute approximate surface area is 107 Å². The highest BCUT2D eigenvalue weighted by atomic mass is 15.3. The van der Waals surface area contributed by atoms with Crippen molar-refractivity contribution in [1.82, 2.24) is 10.2 Å². The maximum absolute atomic E-state index is 5.67. The van der Waals surface area contributed by atoms with Crippen molar-refractivity contribution in [3.05, 3.63) is 0 Å². The average molecular weight is 236 g/mol. The summed E-state index contributed by atoms with van der Waals surface area (Å²) in [4.78, 5) is 2.53. The van der Waals surface area contributed by atoms with Crippen molar-refractivity contribution in [3.8, 4) is 12.3 Å². The molecule has 3 atom stereocenters. The Balaban J connectivity index is 2.79. The van der Waals surface area contributed by atoms with E-state index in [1.807, 2.05) is 0 Å². The molecule has 0 aromatic heterocycles. The van der Waals surface area contributed by atoms with Gasteiger partial charge in [-0.25, -0.2) is 0 Å². The van der Waals surface area contributed by atoms with Gasteiger partial charge in [-0.2, -0.15) is 0 Å². The van der Waals surface area contributed by atoms with Gasteiger partial charge in [0, 0.05) is 25.2 Å². The first-order chi connectivity index (χ1) is 7.93. The fourth-order valence-corrected chi connectivity index (χ4v) is 2.61. The predicted octanol–water partition coefficient (Wildman–Crippen LogP) is 2.50. The summed E-state index contributed by atoms with van der Waals surface area (Å²) in [5.74, 6) is 2.96. The molecule has 17 heavy (non-hydrogen) atoms. The zero-order chi connectivity index (χ0) is 13.1. The van der Waals surface area contributed by atoms with Crippen molar-refractivity contribution in [3.63, 3.8) is 0 Å². The quantitative estimate of drug-likeness (QED) is 0.757. The van der Waals surface area contributed by atoms with Crippen molar-refractivity contribution in [2.75, 3.05) is 13.1 Å². The molecule has 1 N–H and O–H groups in total. The highest BCUT2D eigenvalue weighted by molar-refractivity contribution is 5.04. The predicted molar refractivity (Wildman–Crippen MR) is 74.9 cm³/mol. The number of piperazine rings is 1. The number of terminal acetylenes is 1. The maximum atomic E-state index is 5.67. The molecule has 1 aliphatic rings. The standard InChI is InChI=1S/C15H28N2/c1-7-12(8-2)17-11-14(15(4,5)6)16-10-13(17)9-3/h1,12-14,16H,8-11H2,2-6H3. The second-order valence-corrected chi connectivity index (χ2v) is 6.18.